The highest BCUT2D eigenvalue weighted by Crippen LogP contribution is 2.21. The number of carboxylic acids is 1. The third-order valence-electron chi connectivity index (χ3n) is 2.58. The Balaban J connectivity index is 2.46. The minimum absolute atomic E-state index is 0.00477. The molecule has 0 spiro atoms. The van der Waals surface area contributed by atoms with Crippen molar-refractivity contribution in [2.45, 2.75) is 6.54 Å². The van der Waals surface area contributed by atoms with Crippen LogP contribution in [0.15, 0.2) is 30.5 Å². The second-order valence-corrected chi connectivity index (χ2v) is 3.97. The molecule has 1 aromatic heterocycles. The molecule has 1 aromatic carbocycles. The Morgan fingerprint density at radius 2 is 2.12 bits per heavy atom. The van der Waals surface area contributed by atoms with E-state index in [0.29, 0.717) is 0 Å². The summed E-state index contributed by atoms with van der Waals surface area (Å²) >= 11 is 0. The fraction of sp³-hybridized carbons (Fsp3) is 0.250. The van der Waals surface area contributed by atoms with Crippen molar-refractivity contribution in [3.05, 3.63) is 30.5 Å². The van der Waals surface area contributed by atoms with Gasteiger partial charge in [0.25, 0.3) is 0 Å². The lowest BCUT2D eigenvalue weighted by Gasteiger charge is -2.12. The lowest BCUT2D eigenvalue weighted by Crippen LogP contribution is -2.09. The summed E-state index contributed by atoms with van der Waals surface area (Å²) in [4.78, 5) is 12.7. The number of aromatic nitrogens is 1. The minimum atomic E-state index is -0.825. The number of benzene rings is 1. The summed E-state index contributed by atoms with van der Waals surface area (Å²) in [6.45, 7) is 0.00477. The average molecular weight is 218 g/mol. The second kappa shape index (κ2) is 3.89. The monoisotopic (exact) mass is 218 g/mol. The van der Waals surface area contributed by atoms with Gasteiger partial charge in [0.05, 0.1) is 0 Å². The molecule has 0 unspecified atom stereocenters. The van der Waals surface area contributed by atoms with Gasteiger partial charge in [-0.1, -0.05) is 0 Å². The van der Waals surface area contributed by atoms with Gasteiger partial charge in [0.2, 0.25) is 0 Å². The van der Waals surface area contributed by atoms with Crippen molar-refractivity contribution >= 4 is 22.6 Å². The fourth-order valence-electron chi connectivity index (χ4n) is 1.75. The average Bonchev–Trinajstić information content (AvgIpc) is 2.60. The van der Waals surface area contributed by atoms with E-state index in [9.17, 15) is 4.79 Å². The molecule has 2 rings (SSSR count). The number of aliphatic carboxylic acids is 1. The van der Waals surface area contributed by atoms with Crippen LogP contribution in [0.4, 0.5) is 5.69 Å². The summed E-state index contributed by atoms with van der Waals surface area (Å²) in [5, 5.41) is 9.82. The van der Waals surface area contributed by atoms with Crippen LogP contribution in [-0.4, -0.2) is 29.7 Å². The molecule has 0 aliphatic rings. The summed E-state index contributed by atoms with van der Waals surface area (Å²) in [6, 6.07) is 7.92. The molecule has 0 saturated carbocycles. The van der Waals surface area contributed by atoms with Crippen LogP contribution >= 0.6 is 0 Å². The molecular formula is C12H14N2O2. The van der Waals surface area contributed by atoms with Crippen LogP contribution in [0, 0.1) is 0 Å². The van der Waals surface area contributed by atoms with Gasteiger partial charge >= 0.3 is 5.97 Å². The number of hydrogen-bond acceptors (Lipinski definition) is 2. The third kappa shape index (κ3) is 1.86. The van der Waals surface area contributed by atoms with Gasteiger partial charge in [0, 0.05) is 36.9 Å². The molecule has 4 heteroatoms. The van der Waals surface area contributed by atoms with Crippen molar-refractivity contribution < 1.29 is 9.90 Å². The zero-order valence-electron chi connectivity index (χ0n) is 9.34. The Hall–Kier alpha value is -1.97. The maximum Gasteiger partial charge on any atom is 0.323 e. The van der Waals surface area contributed by atoms with Gasteiger partial charge in [-0.05, 0) is 24.3 Å². The fourth-order valence-corrected chi connectivity index (χ4v) is 1.75. The van der Waals surface area contributed by atoms with E-state index in [1.54, 1.807) is 10.8 Å². The first-order valence-electron chi connectivity index (χ1n) is 5.06. The summed E-state index contributed by atoms with van der Waals surface area (Å²) < 4.78 is 1.73. The van der Waals surface area contributed by atoms with E-state index in [0.717, 1.165) is 16.6 Å². The molecule has 2 aromatic rings. The molecule has 0 fully saturated rings. The molecule has 0 radical (unpaired) electrons. The Morgan fingerprint density at radius 3 is 2.75 bits per heavy atom. The predicted octanol–water partition coefficient (Wildman–Crippen LogP) is 1.79. The molecule has 16 heavy (non-hydrogen) atoms. The van der Waals surface area contributed by atoms with Gasteiger partial charge < -0.3 is 14.6 Å². The van der Waals surface area contributed by atoms with Crippen molar-refractivity contribution in [3.63, 3.8) is 0 Å². The van der Waals surface area contributed by atoms with Crippen molar-refractivity contribution in [1.82, 2.24) is 4.57 Å². The molecule has 4 nitrogen and oxygen atoms in total. The first kappa shape index (κ1) is 10.5. The van der Waals surface area contributed by atoms with Crippen LogP contribution < -0.4 is 4.90 Å². The molecule has 1 N–H and O–H groups in total. The molecule has 0 amide bonds. The van der Waals surface area contributed by atoms with Crippen molar-refractivity contribution in [2.24, 2.45) is 0 Å². The van der Waals surface area contributed by atoms with Gasteiger partial charge in [-0.15, -0.1) is 0 Å². The highest BCUT2D eigenvalue weighted by molar-refractivity contribution is 5.85. The molecule has 0 saturated heterocycles. The predicted molar refractivity (Wildman–Crippen MR) is 63.9 cm³/mol. The Labute approximate surface area is 93.7 Å². The molecule has 1 heterocycles. The topological polar surface area (TPSA) is 45.5 Å². The van der Waals surface area contributed by atoms with Gasteiger partial charge in [-0.3, -0.25) is 4.79 Å². The normalized spacial score (nSPS) is 10.6. The Bertz CT molecular complexity index is 529. The van der Waals surface area contributed by atoms with Gasteiger partial charge in [0.1, 0.15) is 6.54 Å². The Kier molecular flexibility index (Phi) is 2.56. The number of nitrogens with zero attached hydrogens (tertiary/aromatic N) is 2. The number of fused-ring (bicyclic) bond motifs is 1. The number of rotatable bonds is 3. The van der Waals surface area contributed by atoms with Crippen LogP contribution in [0.2, 0.25) is 0 Å². The number of anilines is 1. The van der Waals surface area contributed by atoms with Crippen molar-refractivity contribution in [3.8, 4) is 0 Å². The van der Waals surface area contributed by atoms with E-state index < -0.39 is 5.97 Å². The lowest BCUT2D eigenvalue weighted by atomic mass is 10.2. The first-order valence-corrected chi connectivity index (χ1v) is 5.06. The zero-order valence-corrected chi connectivity index (χ0v) is 9.34. The summed E-state index contributed by atoms with van der Waals surface area (Å²) in [7, 11) is 3.96. The molecule has 0 atom stereocenters. The number of carbonyl (C=O) groups is 1. The van der Waals surface area contributed by atoms with E-state index in [1.807, 2.05) is 43.3 Å². The van der Waals surface area contributed by atoms with Crippen LogP contribution in [0.25, 0.3) is 10.9 Å². The van der Waals surface area contributed by atoms with Crippen molar-refractivity contribution in [2.75, 3.05) is 19.0 Å². The smallest absolute Gasteiger partial charge is 0.323 e. The molecule has 0 aliphatic heterocycles. The first-order chi connectivity index (χ1) is 7.58. The van der Waals surface area contributed by atoms with Crippen molar-refractivity contribution in [1.29, 1.82) is 0 Å². The highest BCUT2D eigenvalue weighted by atomic mass is 16.4. The zero-order chi connectivity index (χ0) is 11.7. The third-order valence-corrected chi connectivity index (χ3v) is 2.58. The standard InChI is InChI=1S/C12H14N2O2/c1-13(2)10-3-4-11-9(7-10)5-6-14(11)8-12(15)16/h3-7H,8H2,1-2H3,(H,15,16). The van der Waals surface area contributed by atoms with Crippen LogP contribution in [0.1, 0.15) is 0 Å². The van der Waals surface area contributed by atoms with E-state index in [2.05, 4.69) is 0 Å². The SMILES string of the molecule is CN(C)c1ccc2c(ccn2CC(=O)O)c1. The Morgan fingerprint density at radius 1 is 1.38 bits per heavy atom. The molecule has 84 valence electrons. The van der Waals surface area contributed by atoms with E-state index in [1.165, 1.54) is 0 Å². The molecular weight excluding hydrogens is 204 g/mol. The largest absolute Gasteiger partial charge is 0.480 e. The molecule has 0 bridgehead atoms. The molecule has 0 aliphatic carbocycles. The van der Waals surface area contributed by atoms with Crippen LogP contribution in [0.3, 0.4) is 0 Å². The van der Waals surface area contributed by atoms with Crippen LogP contribution in [-0.2, 0) is 11.3 Å². The second-order valence-electron chi connectivity index (χ2n) is 3.97. The summed E-state index contributed by atoms with van der Waals surface area (Å²) in [6.07, 6.45) is 1.80. The van der Waals surface area contributed by atoms with Gasteiger partial charge in [0.15, 0.2) is 0 Å². The summed E-state index contributed by atoms with van der Waals surface area (Å²) in [5.41, 5.74) is 2.06. The van der Waals surface area contributed by atoms with Gasteiger partial charge in [-0.2, -0.15) is 0 Å². The quantitative estimate of drug-likeness (QED) is 0.854. The number of carboxylic acid groups (broad SMARTS) is 1. The van der Waals surface area contributed by atoms with E-state index in [4.69, 9.17) is 5.11 Å². The minimum Gasteiger partial charge on any atom is -0.480 e. The van der Waals surface area contributed by atoms with E-state index in [-0.39, 0.29) is 6.54 Å². The summed E-state index contributed by atoms with van der Waals surface area (Å²) in [5.74, 6) is -0.825. The van der Waals surface area contributed by atoms with Crippen LogP contribution in [0.5, 0.6) is 0 Å². The van der Waals surface area contributed by atoms with E-state index >= 15 is 0 Å². The maximum absolute atomic E-state index is 10.7. The number of hydrogen-bond donors (Lipinski definition) is 1. The maximum atomic E-state index is 10.7. The highest BCUT2D eigenvalue weighted by Gasteiger charge is 2.05. The van der Waals surface area contributed by atoms with Gasteiger partial charge in [-0.25, -0.2) is 0 Å². The lowest BCUT2D eigenvalue weighted by molar-refractivity contribution is -0.137.